The van der Waals surface area contributed by atoms with Crippen LogP contribution in [0.3, 0.4) is 0 Å². The standard InChI is InChI=1S/C18H29ClN2/c1-4-18(5-2)9-11-21(12-10-18)17-8-7-16(19)13-15(17)14-20-6-3/h7-8,13,20H,4-6,9-12,14H2,1-3H3. The van der Waals surface area contributed by atoms with Crippen LogP contribution >= 0.6 is 11.6 Å². The second-order valence-corrected chi connectivity index (χ2v) is 6.68. The molecule has 0 unspecified atom stereocenters. The summed E-state index contributed by atoms with van der Waals surface area (Å²) >= 11 is 6.18. The van der Waals surface area contributed by atoms with Gasteiger partial charge in [0.2, 0.25) is 0 Å². The van der Waals surface area contributed by atoms with Crippen molar-refractivity contribution in [1.29, 1.82) is 0 Å². The van der Waals surface area contributed by atoms with E-state index in [1.54, 1.807) is 0 Å². The molecule has 1 saturated heterocycles. The maximum absolute atomic E-state index is 6.18. The Morgan fingerprint density at radius 3 is 2.38 bits per heavy atom. The predicted octanol–water partition coefficient (Wildman–Crippen LogP) is 4.86. The average molecular weight is 309 g/mol. The first-order chi connectivity index (χ1) is 10.1. The number of hydrogen-bond donors (Lipinski definition) is 1. The summed E-state index contributed by atoms with van der Waals surface area (Å²) < 4.78 is 0. The molecule has 1 aromatic carbocycles. The lowest BCUT2D eigenvalue weighted by atomic mass is 9.74. The molecule has 2 rings (SSSR count). The van der Waals surface area contributed by atoms with E-state index in [1.165, 1.54) is 50.0 Å². The molecule has 1 aliphatic heterocycles. The van der Waals surface area contributed by atoms with E-state index in [0.717, 1.165) is 18.1 Å². The molecular formula is C18H29ClN2. The number of anilines is 1. The van der Waals surface area contributed by atoms with Crippen molar-refractivity contribution in [2.24, 2.45) is 5.41 Å². The van der Waals surface area contributed by atoms with Gasteiger partial charge in [0.1, 0.15) is 0 Å². The Morgan fingerprint density at radius 1 is 1.14 bits per heavy atom. The highest BCUT2D eigenvalue weighted by molar-refractivity contribution is 6.30. The Kier molecular flexibility index (Phi) is 5.95. The Hall–Kier alpha value is -0.730. The fourth-order valence-electron chi connectivity index (χ4n) is 3.44. The highest BCUT2D eigenvalue weighted by Gasteiger charge is 2.31. The van der Waals surface area contributed by atoms with Crippen molar-refractivity contribution in [2.75, 3.05) is 24.5 Å². The fourth-order valence-corrected chi connectivity index (χ4v) is 3.64. The van der Waals surface area contributed by atoms with Crippen molar-refractivity contribution in [1.82, 2.24) is 5.32 Å². The van der Waals surface area contributed by atoms with Gasteiger partial charge in [0.25, 0.3) is 0 Å². The van der Waals surface area contributed by atoms with Gasteiger partial charge >= 0.3 is 0 Å². The minimum Gasteiger partial charge on any atom is -0.371 e. The summed E-state index contributed by atoms with van der Waals surface area (Å²) in [6, 6.07) is 6.33. The van der Waals surface area contributed by atoms with Gasteiger partial charge in [0.15, 0.2) is 0 Å². The third-order valence-electron chi connectivity index (χ3n) is 5.27. The van der Waals surface area contributed by atoms with Crippen LogP contribution in [0.4, 0.5) is 5.69 Å². The van der Waals surface area contributed by atoms with E-state index >= 15 is 0 Å². The summed E-state index contributed by atoms with van der Waals surface area (Å²) in [5.41, 5.74) is 3.26. The third kappa shape index (κ3) is 3.92. The van der Waals surface area contributed by atoms with E-state index in [9.17, 15) is 0 Å². The topological polar surface area (TPSA) is 15.3 Å². The van der Waals surface area contributed by atoms with E-state index in [-0.39, 0.29) is 0 Å². The normalized spacial score (nSPS) is 18.0. The smallest absolute Gasteiger partial charge is 0.0412 e. The molecule has 0 spiro atoms. The molecule has 3 heteroatoms. The van der Waals surface area contributed by atoms with Gasteiger partial charge in [-0.15, -0.1) is 0 Å². The molecule has 0 radical (unpaired) electrons. The zero-order valence-electron chi connectivity index (χ0n) is 13.7. The summed E-state index contributed by atoms with van der Waals surface area (Å²) in [6.45, 7) is 11.1. The lowest BCUT2D eigenvalue weighted by molar-refractivity contribution is 0.199. The van der Waals surface area contributed by atoms with Crippen LogP contribution in [0.2, 0.25) is 5.02 Å². The summed E-state index contributed by atoms with van der Waals surface area (Å²) in [5.74, 6) is 0. The maximum Gasteiger partial charge on any atom is 0.0412 e. The van der Waals surface area contributed by atoms with Gasteiger partial charge in [-0.25, -0.2) is 0 Å². The van der Waals surface area contributed by atoms with Crippen LogP contribution in [0.1, 0.15) is 52.0 Å². The van der Waals surface area contributed by atoms with E-state index in [1.807, 2.05) is 6.07 Å². The van der Waals surface area contributed by atoms with Crippen molar-refractivity contribution in [3.05, 3.63) is 28.8 Å². The van der Waals surface area contributed by atoms with Crippen molar-refractivity contribution in [3.63, 3.8) is 0 Å². The summed E-state index contributed by atoms with van der Waals surface area (Å²) in [5, 5.41) is 4.26. The van der Waals surface area contributed by atoms with Gasteiger partial charge in [-0.2, -0.15) is 0 Å². The number of piperidine rings is 1. The monoisotopic (exact) mass is 308 g/mol. The number of benzene rings is 1. The van der Waals surface area contributed by atoms with Crippen LogP contribution in [0.25, 0.3) is 0 Å². The summed E-state index contributed by atoms with van der Waals surface area (Å²) in [4.78, 5) is 2.55. The fraction of sp³-hybridized carbons (Fsp3) is 0.667. The molecule has 1 aromatic rings. The second kappa shape index (κ2) is 7.51. The summed E-state index contributed by atoms with van der Waals surface area (Å²) in [6.07, 6.45) is 5.23. The zero-order chi connectivity index (χ0) is 15.3. The van der Waals surface area contributed by atoms with E-state index < -0.39 is 0 Å². The van der Waals surface area contributed by atoms with Crippen LogP contribution in [0.15, 0.2) is 18.2 Å². The first kappa shape index (κ1) is 16.6. The van der Waals surface area contributed by atoms with Crippen LogP contribution in [0, 0.1) is 5.41 Å². The first-order valence-electron chi connectivity index (χ1n) is 8.38. The molecule has 0 saturated carbocycles. The van der Waals surface area contributed by atoms with Gasteiger partial charge in [0.05, 0.1) is 0 Å². The number of nitrogens with zero attached hydrogens (tertiary/aromatic N) is 1. The zero-order valence-corrected chi connectivity index (χ0v) is 14.5. The lowest BCUT2D eigenvalue weighted by Crippen LogP contribution is -2.40. The van der Waals surface area contributed by atoms with Crippen molar-refractivity contribution >= 4 is 17.3 Å². The first-order valence-corrected chi connectivity index (χ1v) is 8.76. The molecule has 2 nitrogen and oxygen atoms in total. The molecule has 21 heavy (non-hydrogen) atoms. The van der Waals surface area contributed by atoms with E-state index in [2.05, 4.69) is 43.1 Å². The molecule has 1 heterocycles. The number of hydrogen-bond acceptors (Lipinski definition) is 2. The number of nitrogens with one attached hydrogen (secondary N) is 1. The molecule has 0 aliphatic carbocycles. The van der Waals surface area contributed by atoms with E-state index in [4.69, 9.17) is 11.6 Å². The highest BCUT2D eigenvalue weighted by Crippen LogP contribution is 2.39. The quantitative estimate of drug-likeness (QED) is 0.807. The van der Waals surface area contributed by atoms with Crippen LogP contribution in [0.5, 0.6) is 0 Å². The molecule has 1 fully saturated rings. The lowest BCUT2D eigenvalue weighted by Gasteiger charge is -2.42. The molecule has 1 aliphatic rings. The molecular weight excluding hydrogens is 280 g/mol. The van der Waals surface area contributed by atoms with Gasteiger partial charge in [-0.1, -0.05) is 45.2 Å². The molecule has 0 atom stereocenters. The average Bonchev–Trinajstić information content (AvgIpc) is 2.53. The second-order valence-electron chi connectivity index (χ2n) is 6.25. The Balaban J connectivity index is 2.12. The Labute approximate surface area is 134 Å². The predicted molar refractivity (Wildman–Crippen MR) is 93.3 cm³/mol. The minimum absolute atomic E-state index is 0.574. The molecule has 0 bridgehead atoms. The van der Waals surface area contributed by atoms with Gasteiger partial charge < -0.3 is 10.2 Å². The van der Waals surface area contributed by atoms with Crippen LogP contribution in [-0.2, 0) is 6.54 Å². The maximum atomic E-state index is 6.18. The molecule has 0 aromatic heterocycles. The minimum atomic E-state index is 0.574. The third-order valence-corrected chi connectivity index (χ3v) is 5.51. The van der Waals surface area contributed by atoms with E-state index in [0.29, 0.717) is 5.41 Å². The Morgan fingerprint density at radius 2 is 1.81 bits per heavy atom. The van der Waals surface area contributed by atoms with Crippen molar-refractivity contribution < 1.29 is 0 Å². The van der Waals surface area contributed by atoms with Gasteiger partial charge in [-0.05, 0) is 48.6 Å². The molecule has 118 valence electrons. The number of halogens is 1. The SMILES string of the molecule is CCNCc1cc(Cl)ccc1N1CCC(CC)(CC)CC1. The van der Waals surface area contributed by atoms with Gasteiger partial charge in [0, 0.05) is 30.3 Å². The number of rotatable bonds is 6. The highest BCUT2D eigenvalue weighted by atomic mass is 35.5. The van der Waals surface area contributed by atoms with Crippen LogP contribution < -0.4 is 10.2 Å². The summed E-state index contributed by atoms with van der Waals surface area (Å²) in [7, 11) is 0. The van der Waals surface area contributed by atoms with Gasteiger partial charge in [-0.3, -0.25) is 0 Å². The van der Waals surface area contributed by atoms with Crippen LogP contribution in [-0.4, -0.2) is 19.6 Å². The van der Waals surface area contributed by atoms with Crippen molar-refractivity contribution in [2.45, 2.75) is 53.0 Å². The Bertz CT molecular complexity index is 445. The largest absolute Gasteiger partial charge is 0.371 e. The molecule has 0 amide bonds. The van der Waals surface area contributed by atoms with Crippen molar-refractivity contribution in [3.8, 4) is 0 Å². The molecule has 1 N–H and O–H groups in total.